The summed E-state index contributed by atoms with van der Waals surface area (Å²) >= 11 is 0. The van der Waals surface area contributed by atoms with Crippen molar-refractivity contribution in [1.29, 1.82) is 0 Å². The van der Waals surface area contributed by atoms with Crippen molar-refractivity contribution in [2.45, 2.75) is 64.5 Å². The molecule has 0 radical (unpaired) electrons. The minimum atomic E-state index is -0.115. The van der Waals surface area contributed by atoms with Crippen LogP contribution in [0.2, 0.25) is 0 Å². The second-order valence-corrected chi connectivity index (χ2v) is 9.55. The van der Waals surface area contributed by atoms with Crippen LogP contribution in [0.1, 0.15) is 63.5 Å². The number of hydrogen-bond donors (Lipinski definition) is 0. The lowest BCUT2D eigenvalue weighted by Gasteiger charge is -2.40. The van der Waals surface area contributed by atoms with Gasteiger partial charge in [0.15, 0.2) is 0 Å². The lowest BCUT2D eigenvalue weighted by molar-refractivity contribution is -0.131. The van der Waals surface area contributed by atoms with Crippen LogP contribution in [0, 0.1) is 5.92 Å². The van der Waals surface area contributed by atoms with Crippen molar-refractivity contribution in [3.05, 3.63) is 59.7 Å². The fourth-order valence-electron chi connectivity index (χ4n) is 4.91. The summed E-state index contributed by atoms with van der Waals surface area (Å²) in [6.07, 6.45) is 3.49. The first-order chi connectivity index (χ1) is 15.8. The zero-order valence-electron chi connectivity index (χ0n) is 20.8. The van der Waals surface area contributed by atoms with Gasteiger partial charge >= 0.3 is 0 Å². The summed E-state index contributed by atoms with van der Waals surface area (Å²) in [6, 6.07) is 16.4. The van der Waals surface area contributed by atoms with Crippen molar-refractivity contribution in [2.24, 2.45) is 5.92 Å². The molecule has 1 aliphatic heterocycles. The number of nitrogens with zero attached hydrogens (tertiary/aromatic N) is 1. The topological polar surface area (TPSA) is 48.0 Å². The zero-order valence-corrected chi connectivity index (χ0v) is 20.8. The molecule has 0 spiro atoms. The van der Waals surface area contributed by atoms with E-state index in [1.807, 2.05) is 48.2 Å². The highest BCUT2D eigenvalue weighted by molar-refractivity contribution is 5.75. The van der Waals surface area contributed by atoms with Gasteiger partial charge in [0.1, 0.15) is 11.5 Å². The molecule has 1 amide bonds. The third kappa shape index (κ3) is 6.97. The van der Waals surface area contributed by atoms with Crippen LogP contribution in [-0.2, 0) is 16.1 Å². The molecule has 0 N–H and O–H groups in total. The van der Waals surface area contributed by atoms with E-state index in [0.29, 0.717) is 24.8 Å². The monoisotopic (exact) mass is 453 g/mol. The Morgan fingerprint density at radius 2 is 1.67 bits per heavy atom. The molecule has 1 aliphatic rings. The molecule has 1 heterocycles. The fraction of sp³-hybridized carbons (Fsp3) is 0.536. The highest BCUT2D eigenvalue weighted by Crippen LogP contribution is 2.40. The van der Waals surface area contributed by atoms with Gasteiger partial charge in [0.2, 0.25) is 5.91 Å². The molecule has 0 saturated carbocycles. The molecule has 180 valence electrons. The average molecular weight is 454 g/mol. The van der Waals surface area contributed by atoms with Crippen molar-refractivity contribution in [1.82, 2.24) is 4.90 Å². The molecule has 0 aliphatic carbocycles. The van der Waals surface area contributed by atoms with E-state index in [4.69, 9.17) is 14.2 Å². The average Bonchev–Trinajstić information content (AvgIpc) is 2.83. The van der Waals surface area contributed by atoms with Gasteiger partial charge in [0, 0.05) is 26.1 Å². The first kappa shape index (κ1) is 25.1. The van der Waals surface area contributed by atoms with Crippen molar-refractivity contribution < 1.29 is 19.0 Å². The van der Waals surface area contributed by atoms with Gasteiger partial charge in [0.25, 0.3) is 0 Å². The molecular weight excluding hydrogens is 414 g/mol. The molecule has 1 fully saturated rings. The maximum absolute atomic E-state index is 12.8. The van der Waals surface area contributed by atoms with Gasteiger partial charge in [-0.3, -0.25) is 4.79 Å². The molecule has 2 aromatic carbocycles. The number of ether oxygens (including phenoxy) is 3. The predicted octanol–water partition coefficient (Wildman–Crippen LogP) is 5.82. The Bertz CT molecular complexity index is 876. The molecule has 3 rings (SSSR count). The van der Waals surface area contributed by atoms with E-state index in [0.717, 1.165) is 49.5 Å². The molecule has 2 aromatic rings. The molecule has 33 heavy (non-hydrogen) atoms. The Morgan fingerprint density at radius 3 is 2.21 bits per heavy atom. The lowest BCUT2D eigenvalue weighted by atomic mass is 9.75. The minimum absolute atomic E-state index is 0.115. The van der Waals surface area contributed by atoms with Gasteiger partial charge in [-0.15, -0.1) is 0 Å². The standard InChI is InChI=1S/C28H39NO4/c1-6-27(30)29(20-21-7-11-24(31-4)12-8-21)17-15-26(22-9-13-25(32-5)14-10-22)23-16-18-33-28(2,3)19-23/h7-14,23,26H,6,15-20H2,1-5H3/t23-,26+/m0/s1. The second kappa shape index (κ2) is 11.6. The third-order valence-electron chi connectivity index (χ3n) is 6.75. The number of methoxy groups -OCH3 is 2. The normalized spacial score (nSPS) is 18.4. The predicted molar refractivity (Wildman–Crippen MR) is 132 cm³/mol. The number of rotatable bonds is 10. The van der Waals surface area contributed by atoms with E-state index < -0.39 is 0 Å². The van der Waals surface area contributed by atoms with Gasteiger partial charge in [-0.1, -0.05) is 31.2 Å². The summed E-state index contributed by atoms with van der Waals surface area (Å²) in [5, 5.41) is 0. The van der Waals surface area contributed by atoms with Crippen molar-refractivity contribution in [3.8, 4) is 11.5 Å². The quantitative estimate of drug-likeness (QED) is 0.455. The van der Waals surface area contributed by atoms with Crippen LogP contribution in [0.25, 0.3) is 0 Å². The van der Waals surface area contributed by atoms with E-state index in [1.165, 1.54) is 5.56 Å². The van der Waals surface area contributed by atoms with Crippen molar-refractivity contribution in [3.63, 3.8) is 0 Å². The number of carbonyl (C=O) groups excluding carboxylic acids is 1. The summed E-state index contributed by atoms with van der Waals surface area (Å²) in [7, 11) is 3.36. The van der Waals surface area contributed by atoms with Crippen LogP contribution in [-0.4, -0.2) is 43.8 Å². The third-order valence-corrected chi connectivity index (χ3v) is 6.75. The molecule has 0 unspecified atom stereocenters. The lowest BCUT2D eigenvalue weighted by Crippen LogP contribution is -2.37. The summed E-state index contributed by atoms with van der Waals surface area (Å²) in [6.45, 7) is 8.43. The molecule has 0 aromatic heterocycles. The van der Waals surface area contributed by atoms with E-state index in [2.05, 4.69) is 26.0 Å². The van der Waals surface area contributed by atoms with Crippen LogP contribution in [0.4, 0.5) is 0 Å². The van der Waals surface area contributed by atoms with Crippen LogP contribution in [0.5, 0.6) is 11.5 Å². The van der Waals surface area contributed by atoms with Crippen LogP contribution < -0.4 is 9.47 Å². The van der Waals surface area contributed by atoms with Gasteiger partial charge in [-0.05, 0) is 80.3 Å². The molecule has 0 bridgehead atoms. The zero-order chi connectivity index (χ0) is 23.8. The van der Waals surface area contributed by atoms with Gasteiger partial charge in [0.05, 0.1) is 19.8 Å². The van der Waals surface area contributed by atoms with E-state index in [9.17, 15) is 4.79 Å². The van der Waals surface area contributed by atoms with Crippen LogP contribution in [0.15, 0.2) is 48.5 Å². The molecule has 2 atom stereocenters. The Morgan fingerprint density at radius 1 is 1.06 bits per heavy atom. The Balaban J connectivity index is 1.78. The van der Waals surface area contributed by atoms with Gasteiger partial charge in [-0.2, -0.15) is 0 Å². The second-order valence-electron chi connectivity index (χ2n) is 9.55. The number of carbonyl (C=O) groups is 1. The minimum Gasteiger partial charge on any atom is -0.497 e. The fourth-order valence-corrected chi connectivity index (χ4v) is 4.91. The van der Waals surface area contributed by atoms with E-state index >= 15 is 0 Å². The highest BCUT2D eigenvalue weighted by Gasteiger charge is 2.34. The first-order valence-electron chi connectivity index (χ1n) is 12.0. The number of amides is 1. The number of hydrogen-bond acceptors (Lipinski definition) is 4. The Kier molecular flexibility index (Phi) is 8.79. The van der Waals surface area contributed by atoms with Crippen LogP contribution in [0.3, 0.4) is 0 Å². The van der Waals surface area contributed by atoms with Crippen molar-refractivity contribution in [2.75, 3.05) is 27.4 Å². The SMILES string of the molecule is CCC(=O)N(CC[C@H](c1ccc(OC)cc1)[C@H]1CCOC(C)(C)C1)Cc1ccc(OC)cc1. The molecule has 5 nitrogen and oxygen atoms in total. The summed E-state index contributed by atoms with van der Waals surface area (Å²) < 4.78 is 16.6. The van der Waals surface area contributed by atoms with Gasteiger partial charge < -0.3 is 19.1 Å². The van der Waals surface area contributed by atoms with Crippen molar-refractivity contribution >= 4 is 5.91 Å². The summed E-state index contributed by atoms with van der Waals surface area (Å²) in [5.41, 5.74) is 2.31. The highest BCUT2D eigenvalue weighted by atomic mass is 16.5. The summed E-state index contributed by atoms with van der Waals surface area (Å²) in [4.78, 5) is 14.8. The Hall–Kier alpha value is -2.53. The van der Waals surface area contributed by atoms with Gasteiger partial charge in [-0.25, -0.2) is 0 Å². The molecule has 1 saturated heterocycles. The smallest absolute Gasteiger partial charge is 0.222 e. The summed E-state index contributed by atoms with van der Waals surface area (Å²) in [5.74, 6) is 2.76. The molecular formula is C28H39NO4. The van der Waals surface area contributed by atoms with E-state index in [1.54, 1.807) is 14.2 Å². The largest absolute Gasteiger partial charge is 0.497 e. The van der Waals surface area contributed by atoms with E-state index in [-0.39, 0.29) is 11.5 Å². The maximum atomic E-state index is 12.8. The molecule has 5 heteroatoms. The first-order valence-corrected chi connectivity index (χ1v) is 12.0. The maximum Gasteiger partial charge on any atom is 0.222 e. The van der Waals surface area contributed by atoms with Crippen LogP contribution >= 0.6 is 0 Å². The Labute approximate surface area is 199 Å². The number of benzene rings is 2.